The number of allylic oxidation sites excluding steroid dienone is 6. The molecule has 27 heteroatoms. The summed E-state index contributed by atoms with van der Waals surface area (Å²) in [5, 5.41) is 27.6. The third-order valence-electron chi connectivity index (χ3n) is 19.4. The van der Waals surface area contributed by atoms with Gasteiger partial charge in [-0.25, -0.2) is 4.57 Å². The van der Waals surface area contributed by atoms with Crippen molar-refractivity contribution in [3.05, 3.63) is 64.1 Å². The van der Waals surface area contributed by atoms with E-state index in [-0.39, 0.29) is 77.2 Å². The van der Waals surface area contributed by atoms with Gasteiger partial charge in [-0.15, -0.1) is 0 Å². The summed E-state index contributed by atoms with van der Waals surface area (Å²) in [4.78, 5) is 121. The summed E-state index contributed by atoms with van der Waals surface area (Å²) in [5.41, 5.74) is 35.1. The molecule has 0 spiro atoms. The molecule has 1 unspecified atom stereocenters. The van der Waals surface area contributed by atoms with Crippen LogP contribution in [0.15, 0.2) is 73.6 Å². The lowest BCUT2D eigenvalue weighted by Gasteiger charge is -2.48. The first-order valence-corrected chi connectivity index (χ1v) is 30.9. The topological polar surface area (TPSA) is 451 Å². The Bertz CT molecular complexity index is 3180. The molecule has 1 aromatic rings. The van der Waals surface area contributed by atoms with Gasteiger partial charge in [0.25, 0.3) is 0 Å². The summed E-state index contributed by atoms with van der Waals surface area (Å²) in [6.45, 7) is 17.2. The molecular weight excluding hydrogens is 1150 g/mol. The lowest BCUT2D eigenvalue weighted by Crippen LogP contribution is -2.56. The number of nitrogens with zero attached hydrogens (tertiary/aromatic N) is 3. The van der Waals surface area contributed by atoms with Crippen molar-refractivity contribution < 1.29 is 71.8 Å². The lowest BCUT2D eigenvalue weighted by molar-refractivity contribution is -0.124. The molecule has 6 aliphatic rings. The van der Waals surface area contributed by atoms with Crippen LogP contribution in [0, 0.1) is 52.3 Å². The summed E-state index contributed by atoms with van der Waals surface area (Å²) < 4.78 is 35.7. The van der Waals surface area contributed by atoms with Crippen molar-refractivity contribution in [2.45, 2.75) is 182 Å². The monoisotopic (exact) mass is 1230 g/mol. The summed E-state index contributed by atoms with van der Waals surface area (Å²) >= 11 is 0. The van der Waals surface area contributed by atoms with Gasteiger partial charge in [-0.2, -0.15) is 0 Å². The molecule has 7 amide bonds. The number of amides is 7. The van der Waals surface area contributed by atoms with Gasteiger partial charge in [0.05, 0.1) is 24.3 Å². The molecule has 2 fully saturated rings. The standard InChI is InChI=1S/C60H88N11O15P/c1-29-11-13-33(14-12-29)83-55-50(80)51(39(28-72)84-55)86-87(81,82)85-30(2)27-67-47(79)21-22-57(7)37(23-44(64)76)54-60(10)59(9,26-46(66)78)36(17-20-43(63)75)49(71-60)32(4)53-58(8,25-45(65)77)34(15-18-41(61)73)38(68-53)24-40-56(5,6)35(16-19-42(62)74)48(69-40)31(3)52(57)70-54/h11-14,24,30,34-37,39,50-51,54-55,68,72,80H,15-23,25-28H2,1-10H3,(H2,61,73)(H2,62,74)(H2,63,75)(H2,64,76)(H2,65,77)(H2,66,78)(H,67,79)(H,81,82)/b38-24?,48-31?,53-32-/t30-,34-,35-,36-,37+,39-,50-,51-,54-,55+,57-,58+,59+,60+/m1/s1. The first-order chi connectivity index (χ1) is 40.4. The fraction of sp³-hybridized carbons (Fsp3) is 0.633. The predicted octanol–water partition coefficient (Wildman–Crippen LogP) is 2.71. The van der Waals surface area contributed by atoms with Crippen molar-refractivity contribution in [1.29, 1.82) is 0 Å². The molecule has 7 rings (SSSR count). The van der Waals surface area contributed by atoms with Gasteiger partial charge in [0.2, 0.25) is 47.6 Å². The number of ether oxygens (including phenoxy) is 2. The molecule has 6 heterocycles. The Morgan fingerprint density at radius 1 is 0.782 bits per heavy atom. The molecule has 0 radical (unpaired) electrons. The first kappa shape index (κ1) is 67.8. The van der Waals surface area contributed by atoms with Crippen LogP contribution in [-0.2, 0) is 51.9 Å². The highest BCUT2D eigenvalue weighted by molar-refractivity contribution is 7.47. The van der Waals surface area contributed by atoms with E-state index in [1.807, 2.05) is 68.4 Å². The molecule has 87 heavy (non-hydrogen) atoms. The van der Waals surface area contributed by atoms with E-state index in [0.717, 1.165) is 5.56 Å². The summed E-state index contributed by atoms with van der Waals surface area (Å²) in [5.74, 6) is -6.86. The van der Waals surface area contributed by atoms with Gasteiger partial charge >= 0.3 is 7.82 Å². The molecule has 17 N–H and O–H groups in total. The first-order valence-electron chi connectivity index (χ1n) is 29.4. The fourth-order valence-electron chi connectivity index (χ4n) is 14.6. The molecule has 15 atom stereocenters. The minimum Gasteiger partial charge on any atom is -0.462 e. The van der Waals surface area contributed by atoms with Crippen molar-refractivity contribution in [2.75, 3.05) is 13.2 Å². The van der Waals surface area contributed by atoms with Crippen LogP contribution < -0.4 is 49.8 Å². The number of hydrogen-bond donors (Lipinski definition) is 11. The Balaban J connectivity index is 1.33. The van der Waals surface area contributed by atoms with Crippen molar-refractivity contribution in [2.24, 2.45) is 94.7 Å². The van der Waals surface area contributed by atoms with E-state index in [2.05, 4.69) is 10.6 Å². The molecule has 0 aliphatic carbocycles. The average Bonchev–Trinajstić information content (AvgIpc) is 1.55. The highest BCUT2D eigenvalue weighted by Crippen LogP contribution is 2.62. The minimum atomic E-state index is -5.05. The third kappa shape index (κ3) is 13.8. The quantitative estimate of drug-likeness (QED) is 0.0564. The number of nitrogens with two attached hydrogens (primary N) is 6. The molecule has 2 saturated heterocycles. The molecular formula is C60H88N11O15P. The van der Waals surface area contributed by atoms with Gasteiger partial charge in [0.15, 0.2) is 0 Å². The van der Waals surface area contributed by atoms with Crippen molar-refractivity contribution in [3.63, 3.8) is 0 Å². The van der Waals surface area contributed by atoms with E-state index in [1.165, 1.54) is 6.92 Å². The van der Waals surface area contributed by atoms with Crippen LogP contribution in [0.2, 0.25) is 0 Å². The van der Waals surface area contributed by atoms with Crippen LogP contribution in [0.4, 0.5) is 0 Å². The van der Waals surface area contributed by atoms with E-state index >= 15 is 0 Å². The number of phosphoric acid groups is 1. The molecule has 0 aromatic heterocycles. The maximum absolute atomic E-state index is 14.3. The van der Waals surface area contributed by atoms with Crippen LogP contribution in [0.3, 0.4) is 0 Å². The van der Waals surface area contributed by atoms with E-state index in [1.54, 1.807) is 24.3 Å². The lowest BCUT2D eigenvalue weighted by atomic mass is 9.55. The highest BCUT2D eigenvalue weighted by Gasteiger charge is 2.66. The molecule has 1 aromatic carbocycles. The number of benzene rings is 1. The number of aliphatic imine (C=N–C) groups is 3. The number of aryl methyl sites for hydroxylation is 1. The zero-order chi connectivity index (χ0) is 64.7. The van der Waals surface area contributed by atoms with Crippen molar-refractivity contribution in [1.82, 2.24) is 10.6 Å². The minimum absolute atomic E-state index is 0.0121. The highest BCUT2D eigenvalue weighted by atomic mass is 31.2. The van der Waals surface area contributed by atoms with E-state index in [9.17, 15) is 53.2 Å². The zero-order valence-corrected chi connectivity index (χ0v) is 52.2. The summed E-state index contributed by atoms with van der Waals surface area (Å²) in [6, 6.07) is 5.78. The number of carbonyl (C=O) groups is 7. The second-order valence-corrected chi connectivity index (χ2v) is 27.3. The van der Waals surface area contributed by atoms with Crippen LogP contribution in [0.1, 0.15) is 139 Å². The van der Waals surface area contributed by atoms with E-state index in [4.69, 9.17) is 67.9 Å². The zero-order valence-electron chi connectivity index (χ0n) is 51.3. The van der Waals surface area contributed by atoms with Gasteiger partial charge in [0.1, 0.15) is 24.1 Å². The Kier molecular flexibility index (Phi) is 20.1. The van der Waals surface area contributed by atoms with Gasteiger partial charge in [-0.3, -0.25) is 57.6 Å². The maximum atomic E-state index is 14.3. The fourth-order valence-corrected chi connectivity index (χ4v) is 15.7. The van der Waals surface area contributed by atoms with Crippen LogP contribution in [-0.4, -0.2) is 129 Å². The van der Waals surface area contributed by atoms with Gasteiger partial charge in [0, 0.05) is 131 Å². The number of nitrogens with one attached hydrogen (secondary N) is 2. The van der Waals surface area contributed by atoms with Gasteiger partial charge in [-0.05, 0) is 89.7 Å². The molecule has 6 aliphatic heterocycles. The summed E-state index contributed by atoms with van der Waals surface area (Å²) in [6.07, 6.45) is -6.05. The van der Waals surface area contributed by atoms with Crippen LogP contribution in [0.25, 0.3) is 0 Å². The number of aliphatic hydroxyl groups is 2. The number of rotatable bonds is 27. The largest absolute Gasteiger partial charge is 0.472 e. The van der Waals surface area contributed by atoms with Crippen molar-refractivity contribution >= 4 is 66.3 Å². The number of phosphoric ester groups is 1. The molecule has 478 valence electrons. The second-order valence-electron chi connectivity index (χ2n) is 25.9. The Labute approximate surface area is 506 Å². The predicted molar refractivity (Wildman–Crippen MR) is 321 cm³/mol. The van der Waals surface area contributed by atoms with Gasteiger partial charge < -0.3 is 69.6 Å². The smallest absolute Gasteiger partial charge is 0.462 e. The van der Waals surface area contributed by atoms with Crippen molar-refractivity contribution in [3.8, 4) is 5.75 Å². The Morgan fingerprint density at radius 3 is 1.93 bits per heavy atom. The molecule has 0 saturated carbocycles. The maximum Gasteiger partial charge on any atom is 0.472 e. The van der Waals surface area contributed by atoms with E-state index < -0.39 is 143 Å². The normalized spacial score (nSPS) is 33.4. The molecule has 26 nitrogen and oxygen atoms in total. The number of fused-ring (bicyclic) bond motifs is 6. The van der Waals surface area contributed by atoms with Crippen LogP contribution in [0.5, 0.6) is 5.75 Å². The molecule has 8 bridgehead atoms. The van der Waals surface area contributed by atoms with Gasteiger partial charge in [-0.1, -0.05) is 52.3 Å². The Morgan fingerprint density at radius 2 is 1.37 bits per heavy atom. The second kappa shape index (κ2) is 25.8. The number of carbonyl (C=O) groups excluding carboxylic acids is 7. The van der Waals surface area contributed by atoms with E-state index in [0.29, 0.717) is 51.1 Å². The number of hydrogen-bond acceptors (Lipinski definition) is 18. The SMILES string of the molecule is CC1=C2N=C(C=C3N/C(=C(/C)C4=N[C@@](C)([C@@H]5N=C1[C@](C)(CCC(=O)NC[C@@H](C)OP(=O)(O)O[C@H]1[C@@H](O)[C@@H](Oc6ccc(C)cc6)O[C@@H]1CO)[C@H]5CC(N)=O)[C@@](C)(CC(N)=O)[C@@H]4CCC(N)=O)[C@@](C)(CC(N)=O)[C@@H]3CCC(N)=O)C(C)(C)[C@@H]2CCC(N)=O. The third-order valence-corrected chi connectivity index (χ3v) is 20.5. The summed E-state index contributed by atoms with van der Waals surface area (Å²) in [7, 11) is -5.05. The average molecular weight is 1230 g/mol. The Hall–Kier alpha value is -6.67. The number of primary amides is 6. The number of aliphatic hydroxyl groups excluding tert-OH is 2. The van der Waals surface area contributed by atoms with Crippen LogP contribution >= 0.6 is 7.82 Å².